The number of benzene rings is 1. The van der Waals surface area contributed by atoms with Gasteiger partial charge in [0.2, 0.25) is 0 Å². The topological polar surface area (TPSA) is 128 Å². The first kappa shape index (κ1) is 18.3. The van der Waals surface area contributed by atoms with Gasteiger partial charge in [-0.1, -0.05) is 13.8 Å². The Labute approximate surface area is 128 Å². The molecule has 1 rings (SSSR count). The van der Waals surface area contributed by atoms with Crippen LogP contribution in [-0.2, 0) is 0 Å². The third kappa shape index (κ3) is 5.22. The van der Waals surface area contributed by atoms with Crippen molar-refractivity contribution >= 4 is 23.1 Å². The lowest BCUT2D eigenvalue weighted by molar-refractivity contribution is -0.996. The molecule has 1 aromatic rings. The standard InChI is InChI=1S/C13H22N4O5/c1-3-5-15(6-4-2)13(18)14-10-7-11(16(19)20)9-12(8-10)17(21)22/h7-9,16-17,19,21H,3-6H2,1-2H3,(H,14,18). The Kier molecular flexibility index (Phi) is 7.18. The second kappa shape index (κ2) is 8.63. The van der Waals surface area contributed by atoms with Gasteiger partial charge < -0.3 is 20.6 Å². The molecule has 5 N–H and O–H groups in total. The van der Waals surface area contributed by atoms with E-state index in [0.717, 1.165) is 18.9 Å². The van der Waals surface area contributed by atoms with Gasteiger partial charge in [0.1, 0.15) is 0 Å². The summed E-state index contributed by atoms with van der Waals surface area (Å²) < 4.78 is 0. The number of quaternary nitrogens is 2. The molecule has 9 nitrogen and oxygen atoms in total. The third-order valence-electron chi connectivity index (χ3n) is 2.95. The monoisotopic (exact) mass is 314 g/mol. The van der Waals surface area contributed by atoms with Crippen molar-refractivity contribution in [3.63, 3.8) is 0 Å². The number of rotatable bonds is 7. The maximum absolute atomic E-state index is 12.2. The summed E-state index contributed by atoms with van der Waals surface area (Å²) in [4.78, 5) is 13.8. The molecule has 9 heteroatoms. The summed E-state index contributed by atoms with van der Waals surface area (Å²) in [6.07, 6.45) is 1.59. The molecule has 0 aliphatic rings. The van der Waals surface area contributed by atoms with E-state index in [0.29, 0.717) is 13.1 Å². The minimum absolute atomic E-state index is 0.152. The number of nitrogens with one attached hydrogen (secondary N) is 3. The summed E-state index contributed by atoms with van der Waals surface area (Å²) in [7, 11) is 0. The smallest absolute Gasteiger partial charge is 0.321 e. The average molecular weight is 314 g/mol. The van der Waals surface area contributed by atoms with Crippen LogP contribution in [0.5, 0.6) is 0 Å². The van der Waals surface area contributed by atoms with Crippen LogP contribution in [0.4, 0.5) is 21.9 Å². The Balaban J connectivity index is 2.97. The number of carbonyl (C=O) groups excluding carboxylic acids is 1. The highest BCUT2D eigenvalue weighted by molar-refractivity contribution is 5.90. The zero-order valence-corrected chi connectivity index (χ0v) is 12.6. The van der Waals surface area contributed by atoms with Crippen LogP contribution in [0.1, 0.15) is 26.7 Å². The Hall–Kier alpha value is -1.75. The van der Waals surface area contributed by atoms with Crippen LogP contribution in [0.3, 0.4) is 0 Å². The Morgan fingerprint density at radius 3 is 1.91 bits per heavy atom. The van der Waals surface area contributed by atoms with Crippen molar-refractivity contribution in [3.05, 3.63) is 28.6 Å². The van der Waals surface area contributed by atoms with Crippen molar-refractivity contribution < 1.29 is 25.7 Å². The van der Waals surface area contributed by atoms with Gasteiger partial charge in [0.25, 0.3) is 0 Å². The third-order valence-corrected chi connectivity index (χ3v) is 2.95. The predicted molar refractivity (Wildman–Crippen MR) is 79.2 cm³/mol. The summed E-state index contributed by atoms with van der Waals surface area (Å²) in [5, 5.41) is 40.2. The average Bonchev–Trinajstić information content (AvgIpc) is 2.46. The van der Waals surface area contributed by atoms with Gasteiger partial charge >= 0.3 is 6.03 Å². The minimum Gasteiger partial charge on any atom is -0.595 e. The molecule has 0 bridgehead atoms. The molecule has 0 saturated carbocycles. The van der Waals surface area contributed by atoms with Gasteiger partial charge in [-0.25, -0.2) is 15.2 Å². The molecule has 2 amide bonds. The van der Waals surface area contributed by atoms with Crippen molar-refractivity contribution in [1.29, 1.82) is 0 Å². The molecular formula is C13H22N4O5. The van der Waals surface area contributed by atoms with Crippen LogP contribution in [0.2, 0.25) is 0 Å². The van der Waals surface area contributed by atoms with Gasteiger partial charge in [-0.2, -0.15) is 10.5 Å². The van der Waals surface area contributed by atoms with Crippen molar-refractivity contribution in [2.45, 2.75) is 26.7 Å². The van der Waals surface area contributed by atoms with Crippen molar-refractivity contribution in [3.8, 4) is 0 Å². The van der Waals surface area contributed by atoms with E-state index in [1.807, 2.05) is 13.8 Å². The van der Waals surface area contributed by atoms with E-state index in [1.54, 1.807) is 4.90 Å². The predicted octanol–water partition coefficient (Wildman–Crippen LogP) is 0.147. The van der Waals surface area contributed by atoms with E-state index in [2.05, 4.69) is 5.32 Å². The van der Waals surface area contributed by atoms with Gasteiger partial charge in [0, 0.05) is 25.2 Å². The molecule has 0 aromatic heterocycles. The molecule has 0 aliphatic heterocycles. The van der Waals surface area contributed by atoms with E-state index in [4.69, 9.17) is 10.4 Å². The molecule has 0 saturated heterocycles. The van der Waals surface area contributed by atoms with Crippen molar-refractivity contribution in [1.82, 2.24) is 4.90 Å². The van der Waals surface area contributed by atoms with E-state index in [9.17, 15) is 15.2 Å². The lowest BCUT2D eigenvalue weighted by Crippen LogP contribution is -3.00. The molecule has 0 radical (unpaired) electrons. The highest BCUT2D eigenvalue weighted by atomic mass is 16.8. The van der Waals surface area contributed by atoms with Gasteiger partial charge in [-0.3, -0.25) is 0 Å². The van der Waals surface area contributed by atoms with Crippen LogP contribution < -0.4 is 15.8 Å². The van der Waals surface area contributed by atoms with E-state index < -0.39 is 10.5 Å². The van der Waals surface area contributed by atoms with E-state index >= 15 is 0 Å². The number of amides is 2. The Bertz CT molecular complexity index is 463. The molecule has 0 heterocycles. The second-order valence-electron chi connectivity index (χ2n) is 4.83. The van der Waals surface area contributed by atoms with Crippen LogP contribution in [0, 0.1) is 10.4 Å². The number of nitrogens with zero attached hydrogens (tertiary/aromatic N) is 1. The van der Waals surface area contributed by atoms with Gasteiger partial charge in [-0.15, -0.1) is 0 Å². The number of carbonyl (C=O) groups is 1. The van der Waals surface area contributed by atoms with Crippen molar-refractivity contribution in [2.24, 2.45) is 0 Å². The van der Waals surface area contributed by atoms with Crippen molar-refractivity contribution in [2.75, 3.05) is 18.4 Å². The fraction of sp³-hybridized carbons (Fsp3) is 0.462. The quantitative estimate of drug-likeness (QED) is 0.458. The fourth-order valence-electron chi connectivity index (χ4n) is 2.00. The number of anilines is 1. The summed E-state index contributed by atoms with van der Waals surface area (Å²) in [5.41, 5.74) is -0.222. The molecular weight excluding hydrogens is 292 g/mol. The normalized spacial score (nSPS) is 13.5. The Morgan fingerprint density at radius 1 is 1.09 bits per heavy atom. The van der Waals surface area contributed by atoms with Gasteiger partial charge in [0.05, 0.1) is 11.8 Å². The molecule has 1 aromatic carbocycles. The SMILES string of the molecule is CCCN(CCC)C(=O)Nc1cc([NH+]([O-])O)cc([NH+]([O-])O)c1. The van der Waals surface area contributed by atoms with Crippen LogP contribution in [-0.4, -0.2) is 34.4 Å². The number of hydrogen-bond acceptors (Lipinski definition) is 5. The number of hydrogen-bond donors (Lipinski definition) is 5. The number of urea groups is 1. The van der Waals surface area contributed by atoms with E-state index in [-0.39, 0.29) is 23.1 Å². The minimum atomic E-state index is -1.25. The molecule has 0 spiro atoms. The molecule has 124 valence electrons. The second-order valence-corrected chi connectivity index (χ2v) is 4.83. The van der Waals surface area contributed by atoms with Crippen LogP contribution in [0.15, 0.2) is 18.2 Å². The zero-order chi connectivity index (χ0) is 16.7. The first-order chi connectivity index (χ1) is 10.4. The highest BCUT2D eigenvalue weighted by Crippen LogP contribution is 2.18. The first-order valence-electron chi connectivity index (χ1n) is 7.06. The lowest BCUT2D eigenvalue weighted by Gasteiger charge is -2.23. The first-order valence-corrected chi connectivity index (χ1v) is 7.06. The highest BCUT2D eigenvalue weighted by Gasteiger charge is 2.15. The molecule has 2 atom stereocenters. The van der Waals surface area contributed by atoms with Gasteiger partial charge in [0.15, 0.2) is 11.4 Å². The fourth-order valence-corrected chi connectivity index (χ4v) is 2.00. The summed E-state index contributed by atoms with van der Waals surface area (Å²) >= 11 is 0. The van der Waals surface area contributed by atoms with E-state index in [1.165, 1.54) is 12.1 Å². The summed E-state index contributed by atoms with van der Waals surface area (Å²) in [5.74, 6) is 0. The van der Waals surface area contributed by atoms with Crippen LogP contribution in [0.25, 0.3) is 0 Å². The lowest BCUT2D eigenvalue weighted by atomic mass is 10.2. The maximum atomic E-state index is 12.2. The van der Waals surface area contributed by atoms with Crippen LogP contribution >= 0.6 is 0 Å². The summed E-state index contributed by atoms with van der Waals surface area (Å²) in [6.45, 7) is 5.04. The zero-order valence-electron chi connectivity index (χ0n) is 12.6. The summed E-state index contributed by atoms with van der Waals surface area (Å²) in [6, 6.07) is 3.16. The molecule has 2 unspecified atom stereocenters. The van der Waals surface area contributed by atoms with Gasteiger partial charge in [-0.05, 0) is 12.8 Å². The Morgan fingerprint density at radius 2 is 1.55 bits per heavy atom. The maximum Gasteiger partial charge on any atom is 0.321 e. The molecule has 22 heavy (non-hydrogen) atoms. The molecule has 0 aliphatic carbocycles. The largest absolute Gasteiger partial charge is 0.595 e. The molecule has 0 fully saturated rings.